The third-order valence-electron chi connectivity index (χ3n) is 3.47. The van der Waals surface area contributed by atoms with E-state index in [-0.39, 0.29) is 23.6 Å². The molecule has 3 N–H and O–H groups in total. The number of amides is 1. The van der Waals surface area contributed by atoms with Crippen LogP contribution in [0.15, 0.2) is 24.3 Å². The Labute approximate surface area is 111 Å². The van der Waals surface area contributed by atoms with Crippen molar-refractivity contribution in [1.29, 1.82) is 0 Å². The highest BCUT2D eigenvalue weighted by atomic mass is 16.6. The minimum atomic E-state index is -0.477. The maximum absolute atomic E-state index is 12.0. The minimum Gasteiger partial charge on any atom is -0.328 e. The summed E-state index contributed by atoms with van der Waals surface area (Å²) >= 11 is 0. The van der Waals surface area contributed by atoms with Crippen molar-refractivity contribution in [1.82, 2.24) is 0 Å². The van der Waals surface area contributed by atoms with Crippen LogP contribution < -0.4 is 11.1 Å². The van der Waals surface area contributed by atoms with Crippen molar-refractivity contribution in [2.45, 2.75) is 31.7 Å². The van der Waals surface area contributed by atoms with Gasteiger partial charge in [-0.25, -0.2) is 0 Å². The van der Waals surface area contributed by atoms with Gasteiger partial charge >= 0.3 is 0 Å². The van der Waals surface area contributed by atoms with Gasteiger partial charge in [0.2, 0.25) is 5.91 Å². The van der Waals surface area contributed by atoms with E-state index >= 15 is 0 Å². The monoisotopic (exact) mass is 263 g/mol. The maximum atomic E-state index is 12.0. The zero-order chi connectivity index (χ0) is 13.8. The second-order valence-electron chi connectivity index (χ2n) is 4.91. The summed E-state index contributed by atoms with van der Waals surface area (Å²) in [6, 6.07) is 6.17. The standard InChI is InChI=1S/C13H17N3O3/c14-10-6-4-9(5-7-10)13(17)15-11-2-1-3-12(8-11)16(18)19/h1-3,8-10H,4-7,14H2,(H,15,17). The number of benzene rings is 1. The number of nitrogens with one attached hydrogen (secondary N) is 1. The lowest BCUT2D eigenvalue weighted by Gasteiger charge is -2.25. The second kappa shape index (κ2) is 5.79. The van der Waals surface area contributed by atoms with E-state index in [2.05, 4.69) is 5.32 Å². The number of rotatable bonds is 3. The maximum Gasteiger partial charge on any atom is 0.271 e. The van der Waals surface area contributed by atoms with Gasteiger partial charge in [0.1, 0.15) is 0 Å². The molecule has 1 aliphatic rings. The average Bonchev–Trinajstić information content (AvgIpc) is 2.39. The van der Waals surface area contributed by atoms with Gasteiger partial charge in [-0.15, -0.1) is 0 Å². The summed E-state index contributed by atoms with van der Waals surface area (Å²) in [7, 11) is 0. The van der Waals surface area contributed by atoms with Gasteiger partial charge in [0.25, 0.3) is 5.69 Å². The molecule has 1 aromatic rings. The van der Waals surface area contributed by atoms with E-state index in [1.807, 2.05) is 0 Å². The van der Waals surface area contributed by atoms with Crippen LogP contribution in [0.25, 0.3) is 0 Å². The Morgan fingerprint density at radius 1 is 1.32 bits per heavy atom. The van der Waals surface area contributed by atoms with E-state index in [9.17, 15) is 14.9 Å². The first-order valence-electron chi connectivity index (χ1n) is 6.37. The summed E-state index contributed by atoms with van der Waals surface area (Å²) in [5.74, 6) is -0.119. The first-order chi connectivity index (χ1) is 9.06. The molecule has 1 amide bonds. The summed E-state index contributed by atoms with van der Waals surface area (Å²) in [4.78, 5) is 22.2. The van der Waals surface area contributed by atoms with Crippen LogP contribution >= 0.6 is 0 Å². The molecule has 1 fully saturated rings. The molecular weight excluding hydrogens is 246 g/mol. The Morgan fingerprint density at radius 3 is 2.63 bits per heavy atom. The summed E-state index contributed by atoms with van der Waals surface area (Å²) < 4.78 is 0. The molecule has 0 aromatic heterocycles. The van der Waals surface area contributed by atoms with Crippen molar-refractivity contribution in [3.63, 3.8) is 0 Å². The normalized spacial score (nSPS) is 22.8. The van der Waals surface area contributed by atoms with Crippen LogP contribution in [0.3, 0.4) is 0 Å². The van der Waals surface area contributed by atoms with E-state index in [1.165, 1.54) is 12.1 Å². The van der Waals surface area contributed by atoms with Gasteiger partial charge in [0, 0.05) is 29.8 Å². The Morgan fingerprint density at radius 2 is 2.00 bits per heavy atom. The van der Waals surface area contributed by atoms with Crippen molar-refractivity contribution in [2.24, 2.45) is 11.7 Å². The second-order valence-corrected chi connectivity index (χ2v) is 4.91. The number of carbonyl (C=O) groups excluding carboxylic acids is 1. The number of hydrogen-bond acceptors (Lipinski definition) is 4. The van der Waals surface area contributed by atoms with Gasteiger partial charge < -0.3 is 11.1 Å². The zero-order valence-corrected chi connectivity index (χ0v) is 10.5. The molecule has 0 atom stereocenters. The predicted octanol–water partition coefficient (Wildman–Crippen LogP) is 2.05. The van der Waals surface area contributed by atoms with Crippen LogP contribution in [-0.2, 0) is 4.79 Å². The summed E-state index contributed by atoms with van der Waals surface area (Å²) in [6.45, 7) is 0. The zero-order valence-electron chi connectivity index (χ0n) is 10.5. The van der Waals surface area contributed by atoms with Crippen LogP contribution in [0.5, 0.6) is 0 Å². The smallest absolute Gasteiger partial charge is 0.271 e. The molecule has 1 aromatic carbocycles. The molecule has 0 heterocycles. The Kier molecular flexibility index (Phi) is 4.11. The highest BCUT2D eigenvalue weighted by Crippen LogP contribution is 2.25. The van der Waals surface area contributed by atoms with Gasteiger partial charge in [-0.3, -0.25) is 14.9 Å². The SMILES string of the molecule is NC1CCC(C(=O)Nc2cccc([N+](=O)[O-])c2)CC1. The van der Waals surface area contributed by atoms with Crippen LogP contribution in [0, 0.1) is 16.0 Å². The van der Waals surface area contributed by atoms with Crippen molar-refractivity contribution in [3.8, 4) is 0 Å². The van der Waals surface area contributed by atoms with E-state index in [1.54, 1.807) is 12.1 Å². The van der Waals surface area contributed by atoms with Crippen molar-refractivity contribution < 1.29 is 9.72 Å². The first-order valence-corrected chi connectivity index (χ1v) is 6.37. The largest absolute Gasteiger partial charge is 0.328 e. The van der Waals surface area contributed by atoms with E-state index < -0.39 is 4.92 Å². The fourth-order valence-electron chi connectivity index (χ4n) is 2.32. The predicted molar refractivity (Wildman–Crippen MR) is 71.7 cm³/mol. The Balaban J connectivity index is 1.98. The van der Waals surface area contributed by atoms with Crippen LogP contribution in [0.1, 0.15) is 25.7 Å². The lowest BCUT2D eigenvalue weighted by atomic mass is 9.86. The van der Waals surface area contributed by atoms with Crippen molar-refractivity contribution >= 4 is 17.3 Å². The van der Waals surface area contributed by atoms with Crippen molar-refractivity contribution in [2.75, 3.05) is 5.32 Å². The number of anilines is 1. The van der Waals surface area contributed by atoms with E-state index in [0.29, 0.717) is 5.69 Å². The molecule has 102 valence electrons. The molecule has 0 radical (unpaired) electrons. The Bertz CT molecular complexity index is 482. The van der Waals surface area contributed by atoms with E-state index in [0.717, 1.165) is 25.7 Å². The van der Waals surface area contributed by atoms with Crippen LogP contribution in [0.4, 0.5) is 11.4 Å². The molecule has 1 saturated carbocycles. The molecule has 0 spiro atoms. The minimum absolute atomic E-state index is 0.0246. The van der Waals surface area contributed by atoms with E-state index in [4.69, 9.17) is 5.73 Å². The molecule has 0 aliphatic heterocycles. The van der Waals surface area contributed by atoms with Gasteiger partial charge in [-0.05, 0) is 31.7 Å². The van der Waals surface area contributed by atoms with Crippen molar-refractivity contribution in [3.05, 3.63) is 34.4 Å². The number of nitrogens with two attached hydrogens (primary N) is 1. The molecule has 2 rings (SSSR count). The average molecular weight is 263 g/mol. The van der Waals surface area contributed by atoms with Crippen LogP contribution in [-0.4, -0.2) is 16.9 Å². The molecule has 6 heteroatoms. The third-order valence-corrected chi connectivity index (χ3v) is 3.47. The fraction of sp³-hybridized carbons (Fsp3) is 0.462. The number of nitro benzene ring substituents is 1. The molecule has 6 nitrogen and oxygen atoms in total. The number of hydrogen-bond donors (Lipinski definition) is 2. The fourth-order valence-corrected chi connectivity index (χ4v) is 2.32. The molecule has 19 heavy (non-hydrogen) atoms. The highest BCUT2D eigenvalue weighted by molar-refractivity contribution is 5.92. The van der Waals surface area contributed by atoms with Gasteiger partial charge in [0.15, 0.2) is 0 Å². The molecule has 0 bridgehead atoms. The number of nitrogens with zero attached hydrogens (tertiary/aromatic N) is 1. The molecule has 1 aliphatic carbocycles. The van der Waals surface area contributed by atoms with Gasteiger partial charge in [0.05, 0.1) is 4.92 Å². The molecular formula is C13H17N3O3. The lowest BCUT2D eigenvalue weighted by molar-refractivity contribution is -0.384. The molecule has 0 unspecified atom stereocenters. The lowest BCUT2D eigenvalue weighted by Crippen LogP contribution is -2.32. The summed E-state index contributed by atoms with van der Waals surface area (Å²) in [5, 5.41) is 13.4. The van der Waals surface area contributed by atoms with Crippen LogP contribution in [0.2, 0.25) is 0 Å². The molecule has 0 saturated heterocycles. The summed E-state index contributed by atoms with van der Waals surface area (Å²) in [6.07, 6.45) is 3.27. The summed E-state index contributed by atoms with van der Waals surface area (Å²) in [5.41, 5.74) is 6.24. The van der Waals surface area contributed by atoms with Gasteiger partial charge in [-0.2, -0.15) is 0 Å². The number of carbonyl (C=O) groups is 1. The quantitative estimate of drug-likeness (QED) is 0.644. The third kappa shape index (κ3) is 3.51. The first kappa shape index (κ1) is 13.5. The van der Waals surface area contributed by atoms with Gasteiger partial charge in [-0.1, -0.05) is 6.07 Å². The Hall–Kier alpha value is -1.95. The number of non-ortho nitro benzene ring substituents is 1. The topological polar surface area (TPSA) is 98.3 Å². The number of nitro groups is 1. The highest BCUT2D eigenvalue weighted by Gasteiger charge is 2.24.